The standard InChI is InChI=1S/2C22H30N4O4S/c2*1-6-30-19(28)16-9-12(2)15(31-16)8-7-13-10-14-17(23-11-13)24-21(25-18(14)27)26-20(29)22(3,4)5/h2*9,13H,6-8,10-11H2,1-5H3,(H3,23,24,25,26,27,29)/t2*13-/m00/s1. The number of aryl methyl sites for hydroxylation is 4. The molecule has 16 nitrogen and oxygen atoms in total. The molecule has 0 radical (unpaired) electrons. The Balaban J connectivity index is 0.000000234. The lowest BCUT2D eigenvalue weighted by Crippen LogP contribution is -2.33. The summed E-state index contributed by atoms with van der Waals surface area (Å²) in [7, 11) is 0. The Kier molecular flexibility index (Phi) is 15.6. The van der Waals surface area contributed by atoms with Crippen molar-refractivity contribution in [1.29, 1.82) is 0 Å². The number of esters is 2. The monoisotopic (exact) mass is 892 g/mol. The van der Waals surface area contributed by atoms with Gasteiger partial charge in [-0.1, -0.05) is 41.5 Å². The smallest absolute Gasteiger partial charge is 0.348 e. The number of hydrogen-bond donors (Lipinski definition) is 6. The third kappa shape index (κ3) is 12.4. The summed E-state index contributed by atoms with van der Waals surface area (Å²) in [4.78, 5) is 91.2. The van der Waals surface area contributed by atoms with E-state index >= 15 is 0 Å². The zero-order valence-electron chi connectivity index (χ0n) is 37.4. The summed E-state index contributed by atoms with van der Waals surface area (Å²) < 4.78 is 10.2. The molecule has 6 heterocycles. The molecule has 2 atom stereocenters. The fourth-order valence-electron chi connectivity index (χ4n) is 6.80. The van der Waals surface area contributed by atoms with Crippen molar-refractivity contribution < 1.29 is 28.7 Å². The number of aromatic nitrogens is 4. The van der Waals surface area contributed by atoms with Crippen LogP contribution in [0.4, 0.5) is 23.5 Å². The van der Waals surface area contributed by atoms with E-state index in [4.69, 9.17) is 9.47 Å². The third-order valence-electron chi connectivity index (χ3n) is 10.5. The largest absolute Gasteiger partial charge is 0.462 e. The van der Waals surface area contributed by atoms with Gasteiger partial charge in [-0.25, -0.2) is 9.59 Å². The van der Waals surface area contributed by atoms with Gasteiger partial charge in [-0.3, -0.25) is 39.8 Å². The fourth-order valence-corrected chi connectivity index (χ4v) is 8.97. The van der Waals surface area contributed by atoms with Gasteiger partial charge in [0.1, 0.15) is 21.4 Å². The predicted octanol–water partition coefficient (Wildman–Crippen LogP) is 7.04. The molecule has 336 valence electrons. The van der Waals surface area contributed by atoms with E-state index in [1.807, 2.05) is 26.0 Å². The zero-order chi connectivity index (χ0) is 45.5. The highest BCUT2D eigenvalue weighted by molar-refractivity contribution is 7.14. The summed E-state index contributed by atoms with van der Waals surface area (Å²) in [5.74, 6) is 0.962. The topological polar surface area (TPSA) is 226 Å². The number of hydrogen-bond acceptors (Lipinski definition) is 14. The lowest BCUT2D eigenvalue weighted by Gasteiger charge is -2.25. The number of carbonyl (C=O) groups is 4. The SMILES string of the molecule is CCOC(=O)c1cc(C)c(CC[C@@H]2CNc3nc(NC(=O)C(C)(C)C)[nH]c(=O)c3C2)s1.CCOC(=O)c1cc(C)c(CC[C@@H]2CNc3nc(NC(=O)C(C)(C)C)[nH]c(=O)c3C2)s1. The Hall–Kier alpha value is -5.36. The van der Waals surface area contributed by atoms with Crippen LogP contribution in [0.1, 0.15) is 120 Å². The minimum Gasteiger partial charge on any atom is -0.462 e. The van der Waals surface area contributed by atoms with E-state index in [-0.39, 0.29) is 58.6 Å². The Morgan fingerprint density at radius 3 is 1.39 bits per heavy atom. The fraction of sp³-hybridized carbons (Fsp3) is 0.545. The molecular formula is C44H60N8O8S2. The summed E-state index contributed by atoms with van der Waals surface area (Å²) in [6.07, 6.45) is 4.68. The first-order chi connectivity index (χ1) is 29.2. The van der Waals surface area contributed by atoms with E-state index < -0.39 is 10.8 Å². The molecular weight excluding hydrogens is 833 g/mol. The lowest BCUT2D eigenvalue weighted by molar-refractivity contribution is -0.123. The summed E-state index contributed by atoms with van der Waals surface area (Å²) >= 11 is 2.96. The zero-order valence-corrected chi connectivity index (χ0v) is 39.0. The van der Waals surface area contributed by atoms with Crippen LogP contribution < -0.4 is 32.4 Å². The van der Waals surface area contributed by atoms with Gasteiger partial charge in [0.05, 0.1) is 24.3 Å². The van der Waals surface area contributed by atoms with Gasteiger partial charge in [-0.15, -0.1) is 22.7 Å². The highest BCUT2D eigenvalue weighted by Gasteiger charge is 2.28. The first-order valence-electron chi connectivity index (χ1n) is 21.1. The minimum atomic E-state index is -0.583. The van der Waals surface area contributed by atoms with Gasteiger partial charge in [0.25, 0.3) is 11.1 Å². The predicted molar refractivity (Wildman–Crippen MR) is 244 cm³/mol. The van der Waals surface area contributed by atoms with Crippen LogP contribution in [-0.2, 0) is 44.7 Å². The van der Waals surface area contributed by atoms with Crippen LogP contribution in [0.25, 0.3) is 0 Å². The van der Waals surface area contributed by atoms with E-state index in [1.165, 1.54) is 32.4 Å². The van der Waals surface area contributed by atoms with Crippen LogP contribution >= 0.6 is 22.7 Å². The van der Waals surface area contributed by atoms with E-state index in [2.05, 4.69) is 41.2 Å². The number of ether oxygens (including phenoxy) is 2. The molecule has 18 heteroatoms. The molecule has 2 aliphatic rings. The maximum Gasteiger partial charge on any atom is 0.348 e. The van der Waals surface area contributed by atoms with Gasteiger partial charge in [0, 0.05) is 33.7 Å². The van der Waals surface area contributed by atoms with Crippen molar-refractivity contribution in [3.63, 3.8) is 0 Å². The molecule has 0 unspecified atom stereocenters. The normalized spacial score (nSPS) is 15.7. The van der Waals surface area contributed by atoms with Crippen molar-refractivity contribution in [2.24, 2.45) is 22.7 Å². The maximum atomic E-state index is 12.6. The number of nitrogens with one attached hydrogen (secondary N) is 6. The van der Waals surface area contributed by atoms with Gasteiger partial charge < -0.3 is 20.1 Å². The Morgan fingerprint density at radius 2 is 1.05 bits per heavy atom. The first kappa shape index (κ1) is 47.7. The Morgan fingerprint density at radius 1 is 0.677 bits per heavy atom. The van der Waals surface area contributed by atoms with Crippen LogP contribution in [0.2, 0.25) is 0 Å². The molecule has 0 spiro atoms. The van der Waals surface area contributed by atoms with Gasteiger partial charge in [-0.2, -0.15) is 9.97 Å². The summed E-state index contributed by atoms with van der Waals surface area (Å²) in [5, 5.41) is 11.8. The van der Waals surface area contributed by atoms with Crippen molar-refractivity contribution in [1.82, 2.24) is 19.9 Å². The molecule has 6 rings (SSSR count). The Labute approximate surface area is 369 Å². The molecule has 0 aliphatic carbocycles. The molecule has 62 heavy (non-hydrogen) atoms. The highest BCUT2D eigenvalue weighted by Crippen LogP contribution is 2.30. The second kappa shape index (κ2) is 20.2. The number of amides is 2. The molecule has 0 saturated heterocycles. The molecule has 0 saturated carbocycles. The summed E-state index contributed by atoms with van der Waals surface area (Å²) in [5.41, 5.74) is 1.78. The van der Waals surface area contributed by atoms with Crippen molar-refractivity contribution in [2.75, 3.05) is 47.6 Å². The van der Waals surface area contributed by atoms with Crippen LogP contribution in [0.3, 0.4) is 0 Å². The molecule has 0 bridgehead atoms. The first-order valence-corrected chi connectivity index (χ1v) is 22.7. The highest BCUT2D eigenvalue weighted by atomic mass is 32.1. The molecule has 2 amide bonds. The second-order valence-corrected chi connectivity index (χ2v) is 20.0. The van der Waals surface area contributed by atoms with Crippen molar-refractivity contribution in [2.45, 2.75) is 108 Å². The average molecular weight is 893 g/mol. The molecule has 4 aromatic heterocycles. The number of rotatable bonds is 12. The van der Waals surface area contributed by atoms with Gasteiger partial charge in [0.2, 0.25) is 23.7 Å². The van der Waals surface area contributed by atoms with E-state index in [0.717, 1.165) is 36.8 Å². The van der Waals surface area contributed by atoms with Gasteiger partial charge >= 0.3 is 11.9 Å². The number of nitrogens with zero attached hydrogens (tertiary/aromatic N) is 2. The van der Waals surface area contributed by atoms with Crippen molar-refractivity contribution >= 4 is 70.0 Å². The molecule has 2 aliphatic heterocycles. The molecule has 4 aromatic rings. The van der Waals surface area contributed by atoms with Gasteiger partial charge in [0.15, 0.2) is 0 Å². The number of thiophene rings is 2. The van der Waals surface area contributed by atoms with E-state index in [0.29, 0.717) is 71.7 Å². The lowest BCUT2D eigenvalue weighted by atomic mass is 9.92. The molecule has 6 N–H and O–H groups in total. The van der Waals surface area contributed by atoms with Crippen LogP contribution in [0.15, 0.2) is 21.7 Å². The van der Waals surface area contributed by atoms with Crippen LogP contribution in [0.5, 0.6) is 0 Å². The minimum absolute atomic E-state index is 0.162. The number of anilines is 4. The number of H-pyrrole nitrogens is 2. The van der Waals surface area contributed by atoms with Crippen molar-refractivity contribution in [3.05, 3.63) is 74.6 Å². The van der Waals surface area contributed by atoms with Crippen molar-refractivity contribution in [3.8, 4) is 0 Å². The number of fused-ring (bicyclic) bond motifs is 2. The quantitative estimate of drug-likeness (QED) is 0.0788. The maximum absolute atomic E-state index is 12.6. The Bertz CT molecular complexity index is 2240. The summed E-state index contributed by atoms with van der Waals surface area (Å²) in [6.45, 7) is 20.5. The van der Waals surface area contributed by atoms with Crippen LogP contribution in [-0.4, -0.2) is 70.0 Å². The van der Waals surface area contributed by atoms with Gasteiger partial charge in [-0.05, 0) is 101 Å². The van der Waals surface area contributed by atoms with Crippen LogP contribution in [0, 0.1) is 36.5 Å². The summed E-state index contributed by atoms with van der Waals surface area (Å²) in [6, 6.07) is 3.77. The number of carbonyl (C=O) groups excluding carboxylic acids is 4. The van der Waals surface area contributed by atoms with E-state index in [9.17, 15) is 28.8 Å². The van der Waals surface area contributed by atoms with E-state index in [1.54, 1.807) is 55.4 Å². The third-order valence-corrected chi connectivity index (χ3v) is 13.1. The number of aromatic amines is 2. The second-order valence-electron chi connectivity index (χ2n) is 17.7. The molecule has 0 fully saturated rings. The molecule has 0 aromatic carbocycles. The average Bonchev–Trinajstić information content (AvgIpc) is 3.77.